The predicted molar refractivity (Wildman–Crippen MR) is 128 cm³/mol. The highest BCUT2D eigenvalue weighted by Crippen LogP contribution is 2.33. The molecular weight excluding hydrogens is 446 g/mol. The Morgan fingerprint density at radius 1 is 1.18 bits per heavy atom. The molecule has 172 valence electrons. The number of para-hydroxylation sites is 1. The van der Waals surface area contributed by atoms with Crippen molar-refractivity contribution in [1.82, 2.24) is 9.99 Å². The maximum Gasteiger partial charge on any atom is 0.307 e. The Kier molecular flexibility index (Phi) is 6.86. The van der Waals surface area contributed by atoms with E-state index in [-0.39, 0.29) is 5.76 Å². The number of ether oxygens (including phenoxy) is 3. The zero-order valence-electron chi connectivity index (χ0n) is 18.6. The number of benzene rings is 2. The van der Waals surface area contributed by atoms with Gasteiger partial charge < -0.3 is 23.2 Å². The molecule has 2 heterocycles. The van der Waals surface area contributed by atoms with Crippen molar-refractivity contribution >= 4 is 45.6 Å². The van der Waals surface area contributed by atoms with Gasteiger partial charge in [0.2, 0.25) is 0 Å². The van der Waals surface area contributed by atoms with Gasteiger partial charge in [0.1, 0.15) is 22.2 Å². The van der Waals surface area contributed by atoms with Crippen LogP contribution in [0.1, 0.15) is 23.0 Å². The summed E-state index contributed by atoms with van der Waals surface area (Å²) < 4.78 is 23.7. The van der Waals surface area contributed by atoms with Crippen LogP contribution in [0.25, 0.3) is 21.9 Å². The number of hydrazone groups is 1. The fourth-order valence-electron chi connectivity index (χ4n) is 3.63. The van der Waals surface area contributed by atoms with Gasteiger partial charge in [0.25, 0.3) is 0 Å². The van der Waals surface area contributed by atoms with Crippen molar-refractivity contribution in [1.29, 1.82) is 0 Å². The number of halogens is 1. The Morgan fingerprint density at radius 2 is 2.00 bits per heavy atom. The van der Waals surface area contributed by atoms with E-state index in [4.69, 9.17) is 30.2 Å². The summed E-state index contributed by atoms with van der Waals surface area (Å²) in [6.45, 7) is 3.74. The first-order chi connectivity index (χ1) is 16.1. The Labute approximate surface area is 195 Å². The number of nitrogens with zero attached hydrogens (tertiary/aromatic N) is 2. The van der Waals surface area contributed by atoms with Crippen molar-refractivity contribution in [3.63, 3.8) is 0 Å². The number of nitrogens with one attached hydrogen (secondary N) is 1. The number of hydrogen-bond donors (Lipinski definition) is 1. The van der Waals surface area contributed by atoms with Gasteiger partial charge in [-0.05, 0) is 13.0 Å². The molecule has 2 aromatic heterocycles. The van der Waals surface area contributed by atoms with Crippen molar-refractivity contribution in [2.75, 3.05) is 27.4 Å². The van der Waals surface area contributed by atoms with Crippen molar-refractivity contribution < 1.29 is 23.4 Å². The zero-order chi connectivity index (χ0) is 23.4. The van der Waals surface area contributed by atoms with E-state index in [0.29, 0.717) is 52.9 Å². The number of furan rings is 1. The van der Waals surface area contributed by atoms with Crippen LogP contribution in [0.15, 0.2) is 52.0 Å². The second-order valence-electron chi connectivity index (χ2n) is 7.12. The average Bonchev–Trinajstić information content (AvgIpc) is 3.38. The molecule has 4 aromatic rings. The molecule has 0 aliphatic carbocycles. The second-order valence-corrected chi connectivity index (χ2v) is 7.48. The first-order valence-electron chi connectivity index (χ1n) is 10.4. The monoisotopic (exact) mass is 469 g/mol. The molecule has 0 spiro atoms. The molecule has 0 atom stereocenters. The first kappa shape index (κ1) is 22.7. The van der Waals surface area contributed by atoms with Gasteiger partial charge in [0.05, 0.1) is 32.4 Å². The molecule has 1 N–H and O–H groups in total. The van der Waals surface area contributed by atoms with Crippen molar-refractivity contribution in [2.45, 2.75) is 13.5 Å². The molecular formula is C24H24ClN3O5. The fraction of sp³-hybridized carbons (Fsp3) is 0.250. The lowest BCUT2D eigenvalue weighted by Gasteiger charge is -2.06. The van der Waals surface area contributed by atoms with E-state index in [0.717, 1.165) is 10.9 Å². The summed E-state index contributed by atoms with van der Waals surface area (Å²) in [6.07, 6.45) is 1.53. The smallest absolute Gasteiger partial charge is 0.307 e. The summed E-state index contributed by atoms with van der Waals surface area (Å²) >= 11 is 6.64. The van der Waals surface area contributed by atoms with Crippen LogP contribution in [0.3, 0.4) is 0 Å². The Bertz CT molecular complexity index is 1320. The van der Waals surface area contributed by atoms with Gasteiger partial charge in [-0.2, -0.15) is 5.10 Å². The number of carbonyl (C=O) groups is 1. The molecule has 33 heavy (non-hydrogen) atoms. The normalized spacial score (nSPS) is 11.5. The minimum atomic E-state index is -0.500. The highest BCUT2D eigenvalue weighted by Gasteiger charge is 2.17. The van der Waals surface area contributed by atoms with Gasteiger partial charge in [0, 0.05) is 47.8 Å². The van der Waals surface area contributed by atoms with E-state index in [9.17, 15) is 4.79 Å². The number of methoxy groups -OCH3 is 2. The van der Waals surface area contributed by atoms with Crippen LogP contribution in [0.5, 0.6) is 11.5 Å². The lowest BCUT2D eigenvalue weighted by molar-refractivity contribution is 0.0929. The third-order valence-electron chi connectivity index (χ3n) is 5.22. The molecule has 0 aliphatic heterocycles. The SMILES string of the molecule is CCOCCn1c(Cl)c(C=NNC(=O)c2cc3c(OC)cc(OC)cc3o2)c2ccccc21. The Balaban J connectivity index is 1.57. The van der Waals surface area contributed by atoms with Gasteiger partial charge in [-0.15, -0.1) is 0 Å². The number of carbonyl (C=O) groups excluding carboxylic acids is 1. The molecule has 4 rings (SSSR count). The van der Waals surface area contributed by atoms with Crippen LogP contribution in [0.4, 0.5) is 0 Å². The minimum Gasteiger partial charge on any atom is -0.496 e. The topological polar surface area (TPSA) is 87.2 Å². The van der Waals surface area contributed by atoms with Gasteiger partial charge in [0.15, 0.2) is 5.76 Å². The summed E-state index contributed by atoms with van der Waals surface area (Å²) in [6, 6.07) is 12.8. The van der Waals surface area contributed by atoms with Gasteiger partial charge in [-0.3, -0.25) is 4.79 Å². The maximum absolute atomic E-state index is 12.6. The number of amides is 1. The first-order valence-corrected chi connectivity index (χ1v) is 10.8. The van der Waals surface area contributed by atoms with Crippen LogP contribution >= 0.6 is 11.6 Å². The van der Waals surface area contributed by atoms with E-state index in [1.165, 1.54) is 6.21 Å². The molecule has 0 fully saturated rings. The quantitative estimate of drug-likeness (QED) is 0.215. The predicted octanol–water partition coefficient (Wildman–Crippen LogP) is 4.86. The molecule has 1 amide bonds. The van der Waals surface area contributed by atoms with Gasteiger partial charge in [-0.1, -0.05) is 29.8 Å². The van der Waals surface area contributed by atoms with Crippen molar-refractivity contribution in [3.8, 4) is 11.5 Å². The fourth-order valence-corrected chi connectivity index (χ4v) is 3.96. The standard InChI is InChI=1S/C24H24ClN3O5/c1-4-32-10-9-28-19-8-6-5-7-16(19)18(23(28)25)14-26-27-24(29)22-13-17-20(31-3)11-15(30-2)12-21(17)33-22/h5-8,11-14H,4,9-10H2,1-3H3,(H,27,29). The van der Waals surface area contributed by atoms with Gasteiger partial charge in [-0.25, -0.2) is 5.43 Å². The van der Waals surface area contributed by atoms with E-state index < -0.39 is 5.91 Å². The minimum absolute atomic E-state index is 0.0962. The molecule has 2 aromatic carbocycles. The maximum atomic E-state index is 12.6. The summed E-state index contributed by atoms with van der Waals surface area (Å²) in [7, 11) is 3.09. The average molecular weight is 470 g/mol. The number of fused-ring (bicyclic) bond motifs is 2. The second kappa shape index (κ2) is 9.97. The lowest BCUT2D eigenvalue weighted by Crippen LogP contribution is -2.16. The van der Waals surface area contributed by atoms with Crippen LogP contribution in [-0.4, -0.2) is 44.1 Å². The van der Waals surface area contributed by atoms with E-state index in [1.54, 1.807) is 32.4 Å². The number of rotatable bonds is 9. The van der Waals surface area contributed by atoms with Crippen LogP contribution in [0, 0.1) is 0 Å². The van der Waals surface area contributed by atoms with E-state index in [1.807, 2.05) is 35.8 Å². The highest BCUT2D eigenvalue weighted by atomic mass is 35.5. The molecule has 8 nitrogen and oxygen atoms in total. The summed E-state index contributed by atoms with van der Waals surface area (Å²) in [5, 5.41) is 6.23. The van der Waals surface area contributed by atoms with Crippen LogP contribution in [0.2, 0.25) is 5.15 Å². The molecule has 0 saturated heterocycles. The van der Waals surface area contributed by atoms with Gasteiger partial charge >= 0.3 is 5.91 Å². The van der Waals surface area contributed by atoms with Crippen LogP contribution in [-0.2, 0) is 11.3 Å². The molecule has 9 heteroatoms. The molecule has 0 aliphatic rings. The molecule has 0 radical (unpaired) electrons. The largest absolute Gasteiger partial charge is 0.496 e. The van der Waals surface area contributed by atoms with E-state index >= 15 is 0 Å². The molecule has 0 saturated carbocycles. The Morgan fingerprint density at radius 3 is 2.76 bits per heavy atom. The molecule has 0 bridgehead atoms. The van der Waals surface area contributed by atoms with Crippen molar-refractivity contribution in [3.05, 3.63) is 58.9 Å². The third kappa shape index (κ3) is 4.53. The van der Waals surface area contributed by atoms with E-state index in [2.05, 4.69) is 10.5 Å². The third-order valence-corrected chi connectivity index (χ3v) is 5.63. The van der Waals surface area contributed by atoms with Crippen molar-refractivity contribution in [2.24, 2.45) is 5.10 Å². The Hall–Kier alpha value is -3.49. The summed E-state index contributed by atoms with van der Waals surface area (Å²) in [5.74, 6) is 0.704. The highest BCUT2D eigenvalue weighted by molar-refractivity contribution is 6.34. The zero-order valence-corrected chi connectivity index (χ0v) is 19.3. The molecule has 0 unspecified atom stereocenters. The number of aromatic nitrogens is 1. The lowest BCUT2D eigenvalue weighted by atomic mass is 10.2. The summed E-state index contributed by atoms with van der Waals surface area (Å²) in [5.41, 5.74) is 4.65. The van der Waals surface area contributed by atoms with Crippen LogP contribution < -0.4 is 14.9 Å². The summed E-state index contributed by atoms with van der Waals surface area (Å²) in [4.78, 5) is 12.6. The number of hydrogen-bond acceptors (Lipinski definition) is 6.